The molecule has 15 heavy (non-hydrogen) atoms. The van der Waals surface area contributed by atoms with Crippen LogP contribution in [-0.4, -0.2) is 21.7 Å². The largest absolute Gasteiger partial charge is 0.489 e. The Bertz CT molecular complexity index is 369. The van der Waals surface area contributed by atoms with Gasteiger partial charge in [-0.3, -0.25) is 4.68 Å². The third-order valence-corrected chi connectivity index (χ3v) is 4.40. The van der Waals surface area contributed by atoms with Gasteiger partial charge in [0.2, 0.25) is 0 Å². The van der Waals surface area contributed by atoms with E-state index in [2.05, 4.69) is 21.0 Å². The standard InChI is InChI=1S/C11H17BrN2O/c1-8-10(9(2)14(3)13-8)15-7-11(6-12)4-5-11/h4-7H2,1-3H3. The van der Waals surface area contributed by atoms with E-state index >= 15 is 0 Å². The first-order valence-corrected chi connectivity index (χ1v) is 6.39. The lowest BCUT2D eigenvalue weighted by Crippen LogP contribution is -2.14. The SMILES string of the molecule is Cc1nn(C)c(C)c1OCC1(CBr)CC1. The van der Waals surface area contributed by atoms with Crippen molar-refractivity contribution in [1.29, 1.82) is 0 Å². The maximum Gasteiger partial charge on any atom is 0.162 e. The first-order chi connectivity index (χ1) is 7.08. The van der Waals surface area contributed by atoms with Crippen LogP contribution in [0.5, 0.6) is 5.75 Å². The number of halogens is 1. The predicted molar refractivity (Wildman–Crippen MR) is 63.6 cm³/mol. The van der Waals surface area contributed by atoms with Gasteiger partial charge >= 0.3 is 0 Å². The first kappa shape index (κ1) is 11.0. The molecule has 0 amide bonds. The summed E-state index contributed by atoms with van der Waals surface area (Å²) in [4.78, 5) is 0. The molecule has 0 unspecified atom stereocenters. The number of hydrogen-bond acceptors (Lipinski definition) is 2. The number of rotatable bonds is 4. The van der Waals surface area contributed by atoms with Crippen LogP contribution in [0, 0.1) is 19.3 Å². The second kappa shape index (κ2) is 3.81. The number of ether oxygens (including phenoxy) is 1. The molecule has 0 saturated heterocycles. The Balaban J connectivity index is 2.05. The Hall–Kier alpha value is -0.510. The fraction of sp³-hybridized carbons (Fsp3) is 0.727. The molecular formula is C11H17BrN2O. The fourth-order valence-electron chi connectivity index (χ4n) is 1.68. The highest BCUT2D eigenvalue weighted by Crippen LogP contribution is 2.47. The van der Waals surface area contributed by atoms with Gasteiger partial charge in [-0.1, -0.05) is 15.9 Å². The molecular weight excluding hydrogens is 256 g/mol. The van der Waals surface area contributed by atoms with Crippen LogP contribution >= 0.6 is 15.9 Å². The third-order valence-electron chi connectivity index (χ3n) is 3.21. The molecule has 1 fully saturated rings. The lowest BCUT2D eigenvalue weighted by molar-refractivity contribution is 0.248. The van der Waals surface area contributed by atoms with Crippen molar-refractivity contribution in [2.45, 2.75) is 26.7 Å². The van der Waals surface area contributed by atoms with Gasteiger partial charge in [-0.25, -0.2) is 0 Å². The minimum atomic E-state index is 0.398. The van der Waals surface area contributed by atoms with Crippen LogP contribution in [0.15, 0.2) is 0 Å². The molecule has 1 aromatic heterocycles. The van der Waals surface area contributed by atoms with Crippen molar-refractivity contribution >= 4 is 15.9 Å². The Labute approximate surface area is 98.9 Å². The molecule has 0 aromatic carbocycles. The molecule has 2 rings (SSSR count). The van der Waals surface area contributed by atoms with E-state index in [1.807, 2.05) is 25.6 Å². The summed E-state index contributed by atoms with van der Waals surface area (Å²) in [6.07, 6.45) is 2.55. The van der Waals surface area contributed by atoms with Gasteiger partial charge < -0.3 is 4.74 Å². The van der Waals surface area contributed by atoms with E-state index in [-0.39, 0.29) is 0 Å². The number of alkyl halides is 1. The van der Waals surface area contributed by atoms with Crippen molar-refractivity contribution in [3.05, 3.63) is 11.4 Å². The zero-order chi connectivity index (χ0) is 11.1. The van der Waals surface area contributed by atoms with Crippen LogP contribution in [0.4, 0.5) is 0 Å². The zero-order valence-corrected chi connectivity index (χ0v) is 11.1. The second-order valence-corrected chi connectivity index (χ2v) is 5.11. The molecule has 0 N–H and O–H groups in total. The van der Waals surface area contributed by atoms with Crippen LogP contribution < -0.4 is 4.74 Å². The molecule has 1 aromatic rings. The summed E-state index contributed by atoms with van der Waals surface area (Å²) in [7, 11) is 1.95. The first-order valence-electron chi connectivity index (χ1n) is 5.27. The molecule has 0 aliphatic heterocycles. The van der Waals surface area contributed by atoms with Crippen LogP contribution in [0.1, 0.15) is 24.2 Å². The highest BCUT2D eigenvalue weighted by Gasteiger charge is 2.42. The minimum absolute atomic E-state index is 0.398. The molecule has 0 spiro atoms. The van der Waals surface area contributed by atoms with Gasteiger partial charge in [-0.05, 0) is 26.7 Å². The van der Waals surface area contributed by atoms with Crippen molar-refractivity contribution in [1.82, 2.24) is 9.78 Å². The van der Waals surface area contributed by atoms with E-state index in [4.69, 9.17) is 4.74 Å². The topological polar surface area (TPSA) is 27.1 Å². The summed E-state index contributed by atoms with van der Waals surface area (Å²) in [6.45, 7) is 4.85. The Morgan fingerprint density at radius 2 is 2.13 bits per heavy atom. The third kappa shape index (κ3) is 2.05. The normalized spacial score (nSPS) is 17.9. The smallest absolute Gasteiger partial charge is 0.162 e. The number of aryl methyl sites for hydroxylation is 2. The van der Waals surface area contributed by atoms with Crippen molar-refractivity contribution in [2.24, 2.45) is 12.5 Å². The van der Waals surface area contributed by atoms with Gasteiger partial charge in [0.1, 0.15) is 5.69 Å². The highest BCUT2D eigenvalue weighted by atomic mass is 79.9. The molecule has 1 saturated carbocycles. The summed E-state index contributed by atoms with van der Waals surface area (Å²) in [5, 5.41) is 5.38. The molecule has 84 valence electrons. The molecule has 1 aliphatic rings. The van der Waals surface area contributed by atoms with Gasteiger partial charge in [-0.15, -0.1) is 0 Å². The van der Waals surface area contributed by atoms with Crippen LogP contribution in [-0.2, 0) is 7.05 Å². The Kier molecular flexibility index (Phi) is 2.79. The molecule has 3 nitrogen and oxygen atoms in total. The van der Waals surface area contributed by atoms with Crippen molar-refractivity contribution in [3.63, 3.8) is 0 Å². The molecule has 4 heteroatoms. The van der Waals surface area contributed by atoms with E-state index < -0.39 is 0 Å². The summed E-state index contributed by atoms with van der Waals surface area (Å²) < 4.78 is 7.77. The van der Waals surface area contributed by atoms with Gasteiger partial charge in [-0.2, -0.15) is 5.10 Å². The maximum atomic E-state index is 5.89. The monoisotopic (exact) mass is 272 g/mol. The Morgan fingerprint density at radius 1 is 1.47 bits per heavy atom. The summed E-state index contributed by atoms with van der Waals surface area (Å²) in [5.41, 5.74) is 2.49. The van der Waals surface area contributed by atoms with Crippen molar-refractivity contribution < 1.29 is 4.74 Å². The minimum Gasteiger partial charge on any atom is -0.489 e. The van der Waals surface area contributed by atoms with Crippen LogP contribution in [0.2, 0.25) is 0 Å². The fourth-order valence-corrected chi connectivity index (χ4v) is 2.40. The second-order valence-electron chi connectivity index (χ2n) is 4.55. The van der Waals surface area contributed by atoms with Crippen LogP contribution in [0.25, 0.3) is 0 Å². The molecule has 1 heterocycles. The number of nitrogens with zero attached hydrogens (tertiary/aromatic N) is 2. The van der Waals surface area contributed by atoms with E-state index in [9.17, 15) is 0 Å². The average Bonchev–Trinajstić information content (AvgIpc) is 2.93. The highest BCUT2D eigenvalue weighted by molar-refractivity contribution is 9.09. The summed E-state index contributed by atoms with van der Waals surface area (Å²) in [6, 6.07) is 0. The zero-order valence-electron chi connectivity index (χ0n) is 9.51. The number of hydrogen-bond donors (Lipinski definition) is 0. The van der Waals surface area contributed by atoms with E-state index in [0.717, 1.165) is 29.1 Å². The average molecular weight is 273 g/mol. The van der Waals surface area contributed by atoms with Gasteiger partial charge in [0.05, 0.1) is 12.3 Å². The van der Waals surface area contributed by atoms with Crippen LogP contribution in [0.3, 0.4) is 0 Å². The molecule has 0 radical (unpaired) electrons. The quantitative estimate of drug-likeness (QED) is 0.788. The van der Waals surface area contributed by atoms with E-state index in [1.54, 1.807) is 0 Å². The molecule has 1 aliphatic carbocycles. The lowest BCUT2D eigenvalue weighted by atomic mass is 10.2. The maximum absolute atomic E-state index is 5.89. The lowest BCUT2D eigenvalue weighted by Gasteiger charge is -2.13. The van der Waals surface area contributed by atoms with Gasteiger partial charge in [0.25, 0.3) is 0 Å². The summed E-state index contributed by atoms with van der Waals surface area (Å²) >= 11 is 3.55. The predicted octanol–water partition coefficient (Wildman–Crippen LogP) is 2.59. The van der Waals surface area contributed by atoms with Gasteiger partial charge in [0, 0.05) is 17.8 Å². The Morgan fingerprint density at radius 3 is 2.53 bits per heavy atom. The van der Waals surface area contributed by atoms with Gasteiger partial charge in [0.15, 0.2) is 5.75 Å². The van der Waals surface area contributed by atoms with Crippen molar-refractivity contribution in [3.8, 4) is 5.75 Å². The summed E-state index contributed by atoms with van der Waals surface area (Å²) in [5.74, 6) is 0.963. The van der Waals surface area contributed by atoms with E-state index in [0.29, 0.717) is 5.41 Å². The molecule has 0 bridgehead atoms. The number of aromatic nitrogens is 2. The molecule has 0 atom stereocenters. The van der Waals surface area contributed by atoms with Crippen molar-refractivity contribution in [2.75, 3.05) is 11.9 Å². The van der Waals surface area contributed by atoms with E-state index in [1.165, 1.54) is 12.8 Å².